The number of halogens is 2. The van der Waals surface area contributed by atoms with Crippen LogP contribution in [0.25, 0.3) is 0 Å². The Labute approximate surface area is 127 Å². The van der Waals surface area contributed by atoms with Crippen molar-refractivity contribution in [3.8, 4) is 5.75 Å². The Bertz CT molecular complexity index is 541. The third-order valence-electron chi connectivity index (χ3n) is 2.59. The topological polar surface area (TPSA) is 64.6 Å². The van der Waals surface area contributed by atoms with Crippen molar-refractivity contribution in [2.24, 2.45) is 0 Å². The Kier molecular flexibility index (Phi) is 5.84. The summed E-state index contributed by atoms with van der Waals surface area (Å²) in [4.78, 5) is 23.0. The number of aldehydes is 1. The number of hydrogen-bond acceptors (Lipinski definition) is 4. The third kappa shape index (κ3) is 5.31. The molecule has 0 heterocycles. The van der Waals surface area contributed by atoms with Gasteiger partial charge in [-0.15, -0.1) is 0 Å². The predicted molar refractivity (Wildman–Crippen MR) is 76.0 cm³/mol. The number of ether oxygens (including phenoxy) is 2. The summed E-state index contributed by atoms with van der Waals surface area (Å²) in [7, 11) is 0. The van der Waals surface area contributed by atoms with Crippen LogP contribution in [-0.2, 0) is 9.53 Å². The monoisotopic (exact) mass is 315 g/mol. The van der Waals surface area contributed by atoms with Gasteiger partial charge in [-0.05, 0) is 33.3 Å². The molecule has 0 fully saturated rings. The maximum absolute atomic E-state index is 12.5. The molecule has 0 aliphatic carbocycles. The molecule has 0 aromatic heterocycles. The number of rotatable bonds is 5. The molecule has 0 saturated carbocycles. The Morgan fingerprint density at radius 1 is 1.32 bits per heavy atom. The largest absolute Gasteiger partial charge is 0.444 e. The highest BCUT2D eigenvalue weighted by molar-refractivity contribution is 5.75. The number of benzene rings is 1. The van der Waals surface area contributed by atoms with E-state index >= 15 is 0 Å². The summed E-state index contributed by atoms with van der Waals surface area (Å²) in [6.45, 7) is 3.53. The van der Waals surface area contributed by atoms with Crippen molar-refractivity contribution in [1.29, 1.82) is 0 Å². The van der Waals surface area contributed by atoms with Crippen molar-refractivity contribution in [1.82, 2.24) is 5.32 Å². The second-order valence-corrected chi connectivity index (χ2v) is 5.63. The number of nitrogens with one attached hydrogen (secondary N) is 1. The molecule has 0 aliphatic heterocycles. The highest BCUT2D eigenvalue weighted by atomic mass is 19.3. The maximum Gasteiger partial charge on any atom is 0.408 e. The van der Waals surface area contributed by atoms with Gasteiger partial charge < -0.3 is 19.6 Å². The smallest absolute Gasteiger partial charge is 0.408 e. The molecule has 5 nitrogen and oxygen atoms in total. The molecule has 0 saturated heterocycles. The van der Waals surface area contributed by atoms with Crippen LogP contribution in [0.15, 0.2) is 18.2 Å². The number of carbonyl (C=O) groups is 2. The molecule has 1 unspecified atom stereocenters. The summed E-state index contributed by atoms with van der Waals surface area (Å²) in [5.74, 6) is -0.134. The second kappa shape index (κ2) is 7.20. The summed E-state index contributed by atoms with van der Waals surface area (Å²) in [6.07, 6.45) is -0.397. The molecule has 1 rings (SSSR count). The number of carbonyl (C=O) groups excluding carboxylic acids is 2. The normalized spacial score (nSPS) is 12.7. The SMILES string of the molecule is Cc1cccc(C(C=O)NC(=O)OC(C)(C)C)c1OC(F)F. The Balaban J connectivity index is 3.02. The lowest BCUT2D eigenvalue weighted by Gasteiger charge is -2.23. The second-order valence-electron chi connectivity index (χ2n) is 5.63. The quantitative estimate of drug-likeness (QED) is 0.846. The predicted octanol–water partition coefficient (Wildman–Crippen LogP) is 3.36. The first-order chi connectivity index (χ1) is 10.1. The molecule has 0 radical (unpaired) electrons. The number of aryl methyl sites for hydroxylation is 1. The average Bonchev–Trinajstić information content (AvgIpc) is 2.36. The van der Waals surface area contributed by atoms with Gasteiger partial charge in [0.1, 0.15) is 23.7 Å². The first-order valence-electron chi connectivity index (χ1n) is 6.63. The first kappa shape index (κ1) is 17.9. The first-order valence-corrected chi connectivity index (χ1v) is 6.63. The molecule has 22 heavy (non-hydrogen) atoms. The van der Waals surface area contributed by atoms with E-state index in [1.165, 1.54) is 6.07 Å². The average molecular weight is 315 g/mol. The molecule has 1 N–H and O–H groups in total. The molecule has 1 aromatic rings. The van der Waals surface area contributed by atoms with Crippen molar-refractivity contribution in [3.05, 3.63) is 29.3 Å². The van der Waals surface area contributed by atoms with Crippen molar-refractivity contribution < 1.29 is 27.8 Å². The lowest BCUT2D eigenvalue weighted by atomic mass is 10.0. The molecule has 0 spiro atoms. The Morgan fingerprint density at radius 3 is 2.45 bits per heavy atom. The third-order valence-corrected chi connectivity index (χ3v) is 2.59. The number of alkyl carbamates (subject to hydrolysis) is 1. The van der Waals surface area contributed by atoms with Crippen LogP contribution in [0.3, 0.4) is 0 Å². The van der Waals surface area contributed by atoms with Crippen LogP contribution in [0.2, 0.25) is 0 Å². The van der Waals surface area contributed by atoms with Crippen LogP contribution in [0.5, 0.6) is 5.75 Å². The maximum atomic E-state index is 12.5. The van der Waals surface area contributed by atoms with Gasteiger partial charge in [-0.2, -0.15) is 8.78 Å². The van der Waals surface area contributed by atoms with Crippen molar-refractivity contribution in [3.63, 3.8) is 0 Å². The highest BCUT2D eigenvalue weighted by Gasteiger charge is 2.24. The zero-order valence-electron chi connectivity index (χ0n) is 12.9. The zero-order chi connectivity index (χ0) is 16.9. The molecule has 1 aromatic carbocycles. The summed E-state index contributed by atoms with van der Waals surface area (Å²) < 4.78 is 34.5. The summed E-state index contributed by atoms with van der Waals surface area (Å²) in [5, 5.41) is 2.33. The van der Waals surface area contributed by atoms with Gasteiger partial charge in [0.2, 0.25) is 0 Å². The van der Waals surface area contributed by atoms with Gasteiger partial charge in [0.05, 0.1) is 0 Å². The van der Waals surface area contributed by atoms with Gasteiger partial charge in [0.25, 0.3) is 0 Å². The van der Waals surface area contributed by atoms with Gasteiger partial charge in [0, 0.05) is 5.56 Å². The zero-order valence-corrected chi connectivity index (χ0v) is 12.9. The molecule has 0 aliphatic rings. The molecule has 0 bridgehead atoms. The van der Waals surface area contributed by atoms with Gasteiger partial charge in [-0.3, -0.25) is 0 Å². The summed E-state index contributed by atoms with van der Waals surface area (Å²) in [6, 6.07) is 3.43. The molecule has 1 atom stereocenters. The van der Waals surface area contributed by atoms with E-state index < -0.39 is 24.3 Å². The minimum atomic E-state index is -3.03. The number of alkyl halides is 2. The number of amides is 1. The summed E-state index contributed by atoms with van der Waals surface area (Å²) in [5.41, 5.74) is -0.177. The van der Waals surface area contributed by atoms with E-state index in [1.54, 1.807) is 39.8 Å². The van der Waals surface area contributed by atoms with Gasteiger partial charge in [-0.25, -0.2) is 4.79 Å². The lowest BCUT2D eigenvalue weighted by Crippen LogP contribution is -2.35. The van der Waals surface area contributed by atoms with Crippen LogP contribution in [-0.4, -0.2) is 24.6 Å². The van der Waals surface area contributed by atoms with E-state index in [4.69, 9.17) is 4.74 Å². The van der Waals surface area contributed by atoms with Crippen molar-refractivity contribution >= 4 is 12.4 Å². The van der Waals surface area contributed by atoms with E-state index in [0.717, 1.165) is 0 Å². The van der Waals surface area contributed by atoms with Gasteiger partial charge in [-0.1, -0.05) is 18.2 Å². The van der Waals surface area contributed by atoms with Crippen molar-refractivity contribution in [2.45, 2.75) is 45.9 Å². The fraction of sp³-hybridized carbons (Fsp3) is 0.467. The molecular weight excluding hydrogens is 296 g/mol. The molecular formula is C15H19F2NO4. The minimum absolute atomic E-state index is 0.134. The fourth-order valence-corrected chi connectivity index (χ4v) is 1.79. The lowest BCUT2D eigenvalue weighted by molar-refractivity contribution is -0.110. The molecule has 1 amide bonds. The van der Waals surface area contributed by atoms with Gasteiger partial charge >= 0.3 is 12.7 Å². The van der Waals surface area contributed by atoms with Crippen LogP contribution in [0, 0.1) is 6.92 Å². The van der Waals surface area contributed by atoms with E-state index in [2.05, 4.69) is 10.1 Å². The van der Waals surface area contributed by atoms with Crippen LogP contribution in [0.1, 0.15) is 37.9 Å². The highest BCUT2D eigenvalue weighted by Crippen LogP contribution is 2.29. The van der Waals surface area contributed by atoms with E-state index in [1.807, 2.05) is 0 Å². The Morgan fingerprint density at radius 2 is 1.95 bits per heavy atom. The standard InChI is InChI=1S/C15H19F2NO4/c1-9-6-5-7-10(12(9)21-13(16)17)11(8-19)18-14(20)22-15(2,3)4/h5-8,11,13H,1-4H3,(H,18,20). The Hall–Kier alpha value is -2.18. The van der Waals surface area contributed by atoms with E-state index in [-0.39, 0.29) is 11.3 Å². The number of para-hydroxylation sites is 1. The van der Waals surface area contributed by atoms with Crippen LogP contribution < -0.4 is 10.1 Å². The van der Waals surface area contributed by atoms with Crippen LogP contribution >= 0.6 is 0 Å². The molecule has 7 heteroatoms. The minimum Gasteiger partial charge on any atom is -0.444 e. The van der Waals surface area contributed by atoms with Crippen molar-refractivity contribution in [2.75, 3.05) is 0 Å². The fourth-order valence-electron chi connectivity index (χ4n) is 1.79. The summed E-state index contributed by atoms with van der Waals surface area (Å²) >= 11 is 0. The molecule has 122 valence electrons. The van der Waals surface area contributed by atoms with Gasteiger partial charge in [0.15, 0.2) is 0 Å². The number of hydrogen-bond donors (Lipinski definition) is 1. The van der Waals surface area contributed by atoms with Crippen LogP contribution in [0.4, 0.5) is 13.6 Å². The van der Waals surface area contributed by atoms with E-state index in [0.29, 0.717) is 11.8 Å². The van der Waals surface area contributed by atoms with E-state index in [9.17, 15) is 18.4 Å².